The van der Waals surface area contributed by atoms with Crippen LogP contribution in [0.1, 0.15) is 33.6 Å². The third-order valence-electron chi connectivity index (χ3n) is 5.50. The highest BCUT2D eigenvalue weighted by atomic mass is 32.2. The first kappa shape index (κ1) is 21.5. The Morgan fingerprint density at radius 1 is 0.903 bits per heavy atom. The van der Waals surface area contributed by atoms with Crippen molar-refractivity contribution in [3.8, 4) is 0 Å². The van der Waals surface area contributed by atoms with Gasteiger partial charge < -0.3 is 15.0 Å². The van der Waals surface area contributed by atoms with E-state index in [1.165, 1.54) is 16.4 Å². The fourth-order valence-corrected chi connectivity index (χ4v) is 5.25. The quantitative estimate of drug-likeness (QED) is 0.764. The lowest BCUT2D eigenvalue weighted by molar-refractivity contribution is 0.0730. The first-order valence-corrected chi connectivity index (χ1v) is 11.8. The number of para-hydroxylation sites is 1. The van der Waals surface area contributed by atoms with Crippen LogP contribution in [0.2, 0.25) is 0 Å². The van der Waals surface area contributed by atoms with Crippen LogP contribution in [0, 0.1) is 0 Å². The van der Waals surface area contributed by atoms with E-state index in [0.29, 0.717) is 37.6 Å². The lowest BCUT2D eigenvalue weighted by atomic mass is 10.1. The number of nitrogens with one attached hydrogen (secondary N) is 1. The molecule has 0 bridgehead atoms. The van der Waals surface area contributed by atoms with E-state index < -0.39 is 15.9 Å². The summed E-state index contributed by atoms with van der Waals surface area (Å²) in [6.07, 6.45) is 1.95. The monoisotopic (exact) mass is 443 g/mol. The molecule has 0 atom stereocenters. The summed E-state index contributed by atoms with van der Waals surface area (Å²) in [6, 6.07) is 12.8. The minimum absolute atomic E-state index is 0.0588. The van der Waals surface area contributed by atoms with Crippen LogP contribution in [-0.4, -0.2) is 68.8 Å². The Morgan fingerprint density at radius 3 is 2.35 bits per heavy atom. The zero-order valence-electron chi connectivity index (χ0n) is 17.1. The van der Waals surface area contributed by atoms with Gasteiger partial charge in [-0.15, -0.1) is 0 Å². The zero-order chi connectivity index (χ0) is 21.8. The van der Waals surface area contributed by atoms with Crippen molar-refractivity contribution in [3.63, 3.8) is 0 Å². The standard InChI is InChI=1S/C22H25N3O5S/c26-21(23-20-9-2-1-8-19(20)22(27)24-10-3-4-11-24)17-6-5-7-18(16-17)31(28,29)25-12-14-30-15-13-25/h1-2,5-9,16H,3-4,10-15H2,(H,23,26). The summed E-state index contributed by atoms with van der Waals surface area (Å²) in [5.41, 5.74) is 1.04. The van der Waals surface area contributed by atoms with E-state index in [9.17, 15) is 18.0 Å². The average Bonchev–Trinajstić information content (AvgIpc) is 3.35. The molecule has 0 spiro atoms. The second kappa shape index (κ2) is 9.17. The largest absolute Gasteiger partial charge is 0.379 e. The van der Waals surface area contributed by atoms with Gasteiger partial charge in [-0.1, -0.05) is 18.2 Å². The van der Waals surface area contributed by atoms with E-state index in [1.54, 1.807) is 41.3 Å². The summed E-state index contributed by atoms with van der Waals surface area (Å²) < 4.78 is 32.4. The lowest BCUT2D eigenvalue weighted by Gasteiger charge is -2.26. The minimum Gasteiger partial charge on any atom is -0.379 e. The molecule has 2 amide bonds. The van der Waals surface area contributed by atoms with Gasteiger partial charge in [0, 0.05) is 31.7 Å². The molecule has 8 nitrogen and oxygen atoms in total. The van der Waals surface area contributed by atoms with Gasteiger partial charge in [0.15, 0.2) is 0 Å². The Bertz CT molecular complexity index is 1070. The zero-order valence-corrected chi connectivity index (χ0v) is 17.9. The smallest absolute Gasteiger partial charge is 0.255 e. The number of morpholine rings is 1. The third kappa shape index (κ3) is 4.63. The van der Waals surface area contributed by atoms with Crippen molar-refractivity contribution in [3.05, 3.63) is 59.7 Å². The second-order valence-corrected chi connectivity index (χ2v) is 9.48. The van der Waals surface area contributed by atoms with Crippen molar-refractivity contribution in [2.45, 2.75) is 17.7 Å². The molecular weight excluding hydrogens is 418 g/mol. The molecule has 9 heteroatoms. The van der Waals surface area contributed by atoms with Crippen molar-refractivity contribution in [2.75, 3.05) is 44.7 Å². The number of carbonyl (C=O) groups is 2. The SMILES string of the molecule is O=C(Nc1ccccc1C(=O)N1CCCC1)c1cccc(S(=O)(=O)N2CCOCC2)c1. The fraction of sp³-hybridized carbons (Fsp3) is 0.364. The molecule has 0 aromatic heterocycles. The second-order valence-electron chi connectivity index (χ2n) is 7.54. The Labute approximate surface area is 181 Å². The molecule has 2 fully saturated rings. The van der Waals surface area contributed by atoms with Crippen LogP contribution in [0.3, 0.4) is 0 Å². The van der Waals surface area contributed by atoms with Crippen LogP contribution in [0.15, 0.2) is 53.4 Å². The number of sulfonamides is 1. The molecule has 2 aliphatic heterocycles. The van der Waals surface area contributed by atoms with E-state index in [2.05, 4.69) is 5.32 Å². The highest BCUT2D eigenvalue weighted by Gasteiger charge is 2.27. The molecular formula is C22H25N3O5S. The molecule has 1 N–H and O–H groups in total. The maximum atomic E-state index is 12.9. The van der Waals surface area contributed by atoms with E-state index in [4.69, 9.17) is 4.74 Å². The number of amides is 2. The molecule has 2 aromatic carbocycles. The number of benzene rings is 2. The minimum atomic E-state index is -3.71. The van der Waals surface area contributed by atoms with Crippen LogP contribution in [0.25, 0.3) is 0 Å². The highest BCUT2D eigenvalue weighted by molar-refractivity contribution is 7.89. The predicted octanol–water partition coefficient (Wildman–Crippen LogP) is 2.20. The normalized spacial score (nSPS) is 17.5. The third-order valence-corrected chi connectivity index (χ3v) is 7.40. The first-order chi connectivity index (χ1) is 15.0. The van der Waals surface area contributed by atoms with Gasteiger partial charge in [0.2, 0.25) is 10.0 Å². The number of anilines is 1. The van der Waals surface area contributed by atoms with Crippen molar-refractivity contribution in [2.24, 2.45) is 0 Å². The van der Waals surface area contributed by atoms with Crippen LogP contribution >= 0.6 is 0 Å². The van der Waals surface area contributed by atoms with Gasteiger partial charge in [-0.3, -0.25) is 9.59 Å². The number of hydrogen-bond donors (Lipinski definition) is 1. The van der Waals surface area contributed by atoms with Crippen LogP contribution in [-0.2, 0) is 14.8 Å². The summed E-state index contributed by atoms with van der Waals surface area (Å²) in [5, 5.41) is 2.77. The topological polar surface area (TPSA) is 96.0 Å². The summed E-state index contributed by atoms with van der Waals surface area (Å²) in [5.74, 6) is -0.585. The van der Waals surface area contributed by atoms with Crippen molar-refractivity contribution in [1.29, 1.82) is 0 Å². The Kier molecular flexibility index (Phi) is 6.35. The molecule has 164 valence electrons. The Hall–Kier alpha value is -2.75. The summed E-state index contributed by atoms with van der Waals surface area (Å²) >= 11 is 0. The molecule has 0 unspecified atom stereocenters. The van der Waals surface area contributed by atoms with Crippen LogP contribution < -0.4 is 5.32 Å². The fourth-order valence-electron chi connectivity index (χ4n) is 3.80. The van der Waals surface area contributed by atoms with Gasteiger partial charge in [-0.25, -0.2) is 8.42 Å². The molecule has 4 rings (SSSR count). The summed E-state index contributed by atoms with van der Waals surface area (Å²) in [4.78, 5) is 27.6. The highest BCUT2D eigenvalue weighted by Crippen LogP contribution is 2.22. The van der Waals surface area contributed by atoms with E-state index in [0.717, 1.165) is 12.8 Å². The van der Waals surface area contributed by atoms with E-state index in [1.807, 2.05) is 0 Å². The van der Waals surface area contributed by atoms with Gasteiger partial charge in [-0.05, 0) is 43.2 Å². The summed E-state index contributed by atoms with van der Waals surface area (Å²) in [6.45, 7) is 2.68. The molecule has 2 aliphatic rings. The average molecular weight is 444 g/mol. The van der Waals surface area contributed by atoms with Gasteiger partial charge in [0.1, 0.15) is 0 Å². The first-order valence-electron chi connectivity index (χ1n) is 10.3. The molecule has 31 heavy (non-hydrogen) atoms. The summed E-state index contributed by atoms with van der Waals surface area (Å²) in [7, 11) is -3.71. The predicted molar refractivity (Wildman–Crippen MR) is 116 cm³/mol. The lowest BCUT2D eigenvalue weighted by Crippen LogP contribution is -2.40. The number of ether oxygens (including phenoxy) is 1. The number of likely N-dealkylation sites (tertiary alicyclic amines) is 1. The van der Waals surface area contributed by atoms with Gasteiger partial charge in [0.05, 0.1) is 29.4 Å². The maximum absolute atomic E-state index is 12.9. The van der Waals surface area contributed by atoms with Gasteiger partial charge >= 0.3 is 0 Å². The Morgan fingerprint density at radius 2 is 1.61 bits per heavy atom. The molecule has 2 heterocycles. The van der Waals surface area contributed by atoms with E-state index in [-0.39, 0.29) is 29.5 Å². The number of nitrogens with zero attached hydrogens (tertiary/aromatic N) is 2. The molecule has 0 radical (unpaired) electrons. The number of carbonyl (C=O) groups excluding carboxylic acids is 2. The van der Waals surface area contributed by atoms with Gasteiger partial charge in [-0.2, -0.15) is 4.31 Å². The van der Waals surface area contributed by atoms with E-state index >= 15 is 0 Å². The molecule has 0 saturated carbocycles. The van der Waals surface area contributed by atoms with Crippen LogP contribution in [0.5, 0.6) is 0 Å². The number of hydrogen-bond acceptors (Lipinski definition) is 5. The maximum Gasteiger partial charge on any atom is 0.255 e. The van der Waals surface area contributed by atoms with Gasteiger partial charge in [0.25, 0.3) is 11.8 Å². The van der Waals surface area contributed by atoms with Crippen molar-refractivity contribution < 1.29 is 22.7 Å². The van der Waals surface area contributed by atoms with Crippen molar-refractivity contribution >= 4 is 27.5 Å². The molecule has 2 aromatic rings. The van der Waals surface area contributed by atoms with Crippen LogP contribution in [0.4, 0.5) is 5.69 Å². The van der Waals surface area contributed by atoms with Crippen molar-refractivity contribution in [1.82, 2.24) is 9.21 Å². The molecule has 2 saturated heterocycles. The molecule has 0 aliphatic carbocycles. The number of rotatable bonds is 5. The Balaban J connectivity index is 1.55.